The molecular weight excluding hydrogens is 523 g/mol. The summed E-state index contributed by atoms with van der Waals surface area (Å²) in [5.41, 5.74) is 1.10. The van der Waals surface area contributed by atoms with E-state index in [9.17, 15) is 4.79 Å². The van der Waals surface area contributed by atoms with E-state index in [4.69, 9.17) is 4.74 Å². The highest BCUT2D eigenvalue weighted by Crippen LogP contribution is 2.11. The number of amides is 1. The zero-order chi connectivity index (χ0) is 19.4. The lowest BCUT2D eigenvalue weighted by molar-refractivity contribution is -0.127. The lowest BCUT2D eigenvalue weighted by atomic mass is 10.1. The predicted octanol–water partition coefficient (Wildman–Crippen LogP) is 3.25. The quantitative estimate of drug-likeness (QED) is 0.202. The van der Waals surface area contributed by atoms with Crippen LogP contribution in [0.2, 0.25) is 0 Å². The van der Waals surface area contributed by atoms with E-state index in [2.05, 4.69) is 45.4 Å². The molecule has 0 fully saturated rings. The number of nitrogens with zero attached hydrogens (tertiary/aromatic N) is 2. The number of rotatable bonds is 10. The van der Waals surface area contributed by atoms with Crippen LogP contribution in [-0.4, -0.2) is 57.2 Å². The van der Waals surface area contributed by atoms with Gasteiger partial charge in [-0.1, -0.05) is 41.9 Å². The maximum atomic E-state index is 11.8. The Hall–Kier alpha value is -0.870. The Kier molecular flexibility index (Phi) is 14.6. The molecule has 154 valence electrons. The number of carbonyl (C=O) groups is 1. The van der Waals surface area contributed by atoms with Crippen molar-refractivity contribution in [3.05, 3.63) is 34.3 Å². The fourth-order valence-corrected chi connectivity index (χ4v) is 2.18. The van der Waals surface area contributed by atoms with Gasteiger partial charge in [-0.3, -0.25) is 4.79 Å². The second kappa shape index (κ2) is 15.1. The maximum absolute atomic E-state index is 11.8. The molecule has 27 heavy (non-hydrogen) atoms. The summed E-state index contributed by atoms with van der Waals surface area (Å²) >= 11 is 3.43. The summed E-state index contributed by atoms with van der Waals surface area (Å²) in [6, 6.07) is 8.02. The molecule has 0 saturated carbocycles. The van der Waals surface area contributed by atoms with E-state index in [-0.39, 0.29) is 36.4 Å². The first-order chi connectivity index (χ1) is 12.4. The lowest BCUT2D eigenvalue weighted by Gasteiger charge is -2.15. The molecule has 1 aromatic carbocycles. The number of guanidine groups is 1. The molecular formula is C19H32BrIN4O2. The summed E-state index contributed by atoms with van der Waals surface area (Å²) in [5, 5.41) is 6.29. The van der Waals surface area contributed by atoms with Gasteiger partial charge in [0.15, 0.2) is 5.96 Å². The van der Waals surface area contributed by atoms with Crippen molar-refractivity contribution in [3.63, 3.8) is 0 Å². The van der Waals surface area contributed by atoms with Crippen LogP contribution in [0.15, 0.2) is 33.7 Å². The largest absolute Gasteiger partial charge is 0.380 e. The third-order valence-electron chi connectivity index (χ3n) is 3.62. The first kappa shape index (κ1) is 26.1. The molecule has 0 aromatic heterocycles. The molecule has 0 aliphatic rings. The minimum Gasteiger partial charge on any atom is -0.380 e. The van der Waals surface area contributed by atoms with Gasteiger partial charge in [0.2, 0.25) is 5.91 Å². The summed E-state index contributed by atoms with van der Waals surface area (Å²) in [5.74, 6) is 1.25. The first-order valence-corrected chi connectivity index (χ1v) is 9.72. The van der Waals surface area contributed by atoms with Crippen molar-refractivity contribution < 1.29 is 9.53 Å². The van der Waals surface area contributed by atoms with Crippen LogP contribution in [0.3, 0.4) is 0 Å². The second-order valence-corrected chi connectivity index (χ2v) is 7.57. The Morgan fingerprint density at radius 1 is 1.19 bits per heavy atom. The van der Waals surface area contributed by atoms with Crippen molar-refractivity contribution in [2.45, 2.75) is 26.8 Å². The van der Waals surface area contributed by atoms with E-state index in [1.807, 2.05) is 24.3 Å². The normalized spacial score (nSPS) is 11.1. The fourth-order valence-electron chi connectivity index (χ4n) is 1.91. The summed E-state index contributed by atoms with van der Waals surface area (Å²) in [6.45, 7) is 7.10. The predicted molar refractivity (Wildman–Crippen MR) is 126 cm³/mol. The van der Waals surface area contributed by atoms with Crippen LogP contribution in [0.4, 0.5) is 0 Å². The molecule has 8 heteroatoms. The Bertz CT molecular complexity index is 565. The van der Waals surface area contributed by atoms with Gasteiger partial charge in [-0.25, -0.2) is 4.99 Å². The summed E-state index contributed by atoms with van der Waals surface area (Å²) in [4.78, 5) is 17.9. The molecule has 0 aliphatic heterocycles. The number of halogens is 2. The molecule has 0 bridgehead atoms. The summed E-state index contributed by atoms with van der Waals surface area (Å²) < 4.78 is 6.65. The smallest absolute Gasteiger partial charge is 0.241 e. The van der Waals surface area contributed by atoms with E-state index < -0.39 is 0 Å². The van der Waals surface area contributed by atoms with Crippen molar-refractivity contribution in [3.8, 4) is 0 Å². The van der Waals surface area contributed by atoms with Gasteiger partial charge in [0.05, 0.1) is 19.7 Å². The molecule has 0 aliphatic carbocycles. The molecule has 0 heterocycles. The van der Waals surface area contributed by atoms with Crippen LogP contribution in [0, 0.1) is 5.92 Å². The van der Waals surface area contributed by atoms with Gasteiger partial charge in [-0.05, 0) is 30.0 Å². The van der Waals surface area contributed by atoms with Gasteiger partial charge in [0.25, 0.3) is 0 Å². The fraction of sp³-hybridized carbons (Fsp3) is 0.579. The third-order valence-corrected chi connectivity index (χ3v) is 4.15. The molecule has 0 saturated heterocycles. The van der Waals surface area contributed by atoms with Crippen LogP contribution >= 0.6 is 39.9 Å². The number of carbonyl (C=O) groups excluding carboxylic acids is 1. The van der Waals surface area contributed by atoms with E-state index in [1.165, 1.54) is 0 Å². The molecule has 1 amide bonds. The van der Waals surface area contributed by atoms with Gasteiger partial charge >= 0.3 is 0 Å². The van der Waals surface area contributed by atoms with Gasteiger partial charge < -0.3 is 20.3 Å². The zero-order valence-electron chi connectivity index (χ0n) is 16.6. The van der Waals surface area contributed by atoms with E-state index in [0.29, 0.717) is 31.6 Å². The number of hydrogen-bond acceptors (Lipinski definition) is 3. The van der Waals surface area contributed by atoms with E-state index >= 15 is 0 Å². The maximum Gasteiger partial charge on any atom is 0.241 e. The molecule has 0 spiro atoms. The average Bonchev–Trinajstić information content (AvgIpc) is 2.60. The minimum absolute atomic E-state index is 0. The van der Waals surface area contributed by atoms with Crippen molar-refractivity contribution in [1.29, 1.82) is 0 Å². The lowest BCUT2D eigenvalue weighted by Crippen LogP contribution is -2.43. The van der Waals surface area contributed by atoms with Crippen molar-refractivity contribution in [2.24, 2.45) is 10.9 Å². The van der Waals surface area contributed by atoms with Crippen LogP contribution in [-0.2, 0) is 16.1 Å². The minimum atomic E-state index is -0.00340. The van der Waals surface area contributed by atoms with Crippen molar-refractivity contribution >= 4 is 51.8 Å². The van der Waals surface area contributed by atoms with E-state index in [0.717, 1.165) is 23.1 Å². The number of ether oxygens (including phenoxy) is 1. The molecule has 0 radical (unpaired) electrons. The molecule has 0 unspecified atom stereocenters. The van der Waals surface area contributed by atoms with E-state index in [1.54, 1.807) is 19.0 Å². The van der Waals surface area contributed by atoms with Crippen molar-refractivity contribution in [2.75, 3.05) is 40.4 Å². The van der Waals surface area contributed by atoms with Gasteiger partial charge in [-0.15, -0.1) is 24.0 Å². The molecule has 2 N–H and O–H groups in total. The highest BCUT2D eigenvalue weighted by molar-refractivity contribution is 14.0. The summed E-state index contributed by atoms with van der Waals surface area (Å²) in [7, 11) is 3.47. The molecule has 1 aromatic rings. The SMILES string of the molecule is CC(C)CCOCCNC(=NCc1ccc(Br)cc1)NCC(=O)N(C)C.I. The molecule has 0 atom stereocenters. The highest BCUT2D eigenvalue weighted by atomic mass is 127. The van der Waals surface area contributed by atoms with Gasteiger partial charge in [0.1, 0.15) is 0 Å². The number of benzene rings is 1. The summed E-state index contributed by atoms with van der Waals surface area (Å²) in [6.07, 6.45) is 1.06. The Morgan fingerprint density at radius 3 is 2.44 bits per heavy atom. The standard InChI is InChI=1S/C19H31BrN4O2.HI/c1-15(2)9-11-26-12-10-21-19(23-14-18(25)24(3)4)22-13-16-5-7-17(20)8-6-16;/h5-8,15H,9-14H2,1-4H3,(H2,21,22,23);1H. The molecule has 1 rings (SSSR count). The van der Waals surface area contributed by atoms with Crippen LogP contribution < -0.4 is 10.6 Å². The number of aliphatic imine (C=N–C) groups is 1. The average molecular weight is 555 g/mol. The molecule has 6 nitrogen and oxygen atoms in total. The van der Waals surface area contributed by atoms with Gasteiger partial charge in [0, 0.05) is 31.7 Å². The third kappa shape index (κ3) is 13.0. The zero-order valence-corrected chi connectivity index (χ0v) is 20.5. The van der Waals surface area contributed by atoms with Crippen LogP contribution in [0.25, 0.3) is 0 Å². The Labute approximate surface area is 188 Å². The highest BCUT2D eigenvalue weighted by Gasteiger charge is 2.06. The van der Waals surface area contributed by atoms with Crippen LogP contribution in [0.1, 0.15) is 25.8 Å². The topological polar surface area (TPSA) is 66.0 Å². The van der Waals surface area contributed by atoms with Crippen molar-refractivity contribution in [1.82, 2.24) is 15.5 Å². The second-order valence-electron chi connectivity index (χ2n) is 6.65. The van der Waals surface area contributed by atoms with Gasteiger partial charge in [-0.2, -0.15) is 0 Å². The Morgan fingerprint density at radius 2 is 1.85 bits per heavy atom. The monoisotopic (exact) mass is 554 g/mol. The number of hydrogen-bond donors (Lipinski definition) is 2. The van der Waals surface area contributed by atoms with Crippen LogP contribution in [0.5, 0.6) is 0 Å². The first-order valence-electron chi connectivity index (χ1n) is 8.93. The Balaban J connectivity index is 0.00000676. The number of likely N-dealkylation sites (N-methyl/N-ethyl adjacent to an activating group) is 1. The number of nitrogens with one attached hydrogen (secondary N) is 2.